The summed E-state index contributed by atoms with van der Waals surface area (Å²) in [6, 6.07) is 8.45. The number of hydrogen-bond donors (Lipinski definition) is 0. The summed E-state index contributed by atoms with van der Waals surface area (Å²) in [5, 5.41) is 0. The van der Waals surface area contributed by atoms with E-state index in [1.807, 2.05) is 19.1 Å². The molecule has 8 heteroatoms. The van der Waals surface area contributed by atoms with E-state index in [4.69, 9.17) is 4.74 Å². The molecule has 0 radical (unpaired) electrons. The van der Waals surface area contributed by atoms with Crippen molar-refractivity contribution in [3.8, 4) is 0 Å². The van der Waals surface area contributed by atoms with Gasteiger partial charge in [-0.25, -0.2) is 17.6 Å². The number of sulfonamides is 1. The molecule has 0 amide bonds. The van der Waals surface area contributed by atoms with Crippen LogP contribution in [-0.4, -0.2) is 44.2 Å². The Bertz CT molecular complexity index is 1070. The summed E-state index contributed by atoms with van der Waals surface area (Å²) in [5.74, 6) is -2.18. The molecule has 1 saturated heterocycles. The van der Waals surface area contributed by atoms with Gasteiger partial charge in [0.2, 0.25) is 15.8 Å². The Balaban J connectivity index is 1.76. The molecule has 0 bridgehead atoms. The quantitative estimate of drug-likeness (QED) is 0.513. The average molecular weight is 434 g/mol. The lowest BCUT2D eigenvalue weighted by molar-refractivity contribution is 0.0474. The molecule has 0 N–H and O–H groups in total. The molecule has 1 aliphatic heterocycles. The second-order valence-electron chi connectivity index (χ2n) is 7.43. The van der Waals surface area contributed by atoms with Crippen LogP contribution < -0.4 is 0 Å². The van der Waals surface area contributed by atoms with Gasteiger partial charge >= 0.3 is 5.97 Å². The van der Waals surface area contributed by atoms with Crippen LogP contribution >= 0.6 is 0 Å². The van der Waals surface area contributed by atoms with E-state index >= 15 is 0 Å². The van der Waals surface area contributed by atoms with Gasteiger partial charge in [-0.3, -0.25) is 4.79 Å². The number of carbonyl (C=O) groups is 2. The monoisotopic (exact) mass is 433 g/mol. The zero-order chi connectivity index (χ0) is 21.9. The van der Waals surface area contributed by atoms with Crippen molar-refractivity contribution in [3.05, 3.63) is 64.5 Å². The first-order valence-corrected chi connectivity index (χ1v) is 11.2. The van der Waals surface area contributed by atoms with Crippen LogP contribution in [0.5, 0.6) is 0 Å². The summed E-state index contributed by atoms with van der Waals surface area (Å²) in [6.07, 6.45) is 2.35. The molecule has 0 atom stereocenters. The molecule has 0 saturated carbocycles. The van der Waals surface area contributed by atoms with Gasteiger partial charge < -0.3 is 4.74 Å². The van der Waals surface area contributed by atoms with E-state index in [1.54, 1.807) is 13.0 Å². The van der Waals surface area contributed by atoms with E-state index in [9.17, 15) is 22.4 Å². The van der Waals surface area contributed by atoms with Crippen molar-refractivity contribution >= 4 is 21.8 Å². The maximum Gasteiger partial charge on any atom is 0.338 e. The smallest absolute Gasteiger partial charge is 0.338 e. The number of benzene rings is 2. The molecule has 6 nitrogen and oxygen atoms in total. The van der Waals surface area contributed by atoms with Crippen molar-refractivity contribution in [2.75, 3.05) is 19.7 Å². The summed E-state index contributed by atoms with van der Waals surface area (Å²) in [5.41, 5.74) is 2.00. The van der Waals surface area contributed by atoms with E-state index in [0.29, 0.717) is 31.5 Å². The Kier molecular flexibility index (Phi) is 6.67. The molecular formula is C22H24FNO5S. The Hall–Kier alpha value is -2.58. The minimum absolute atomic E-state index is 0.124. The molecule has 1 heterocycles. The number of ether oxygens (including phenoxy) is 1. The van der Waals surface area contributed by atoms with Crippen molar-refractivity contribution in [1.82, 2.24) is 4.31 Å². The van der Waals surface area contributed by atoms with Gasteiger partial charge in [-0.2, -0.15) is 4.31 Å². The largest absolute Gasteiger partial charge is 0.454 e. The van der Waals surface area contributed by atoms with Gasteiger partial charge in [0.25, 0.3) is 0 Å². The van der Waals surface area contributed by atoms with Crippen LogP contribution in [0.2, 0.25) is 0 Å². The molecule has 0 aliphatic carbocycles. The van der Waals surface area contributed by atoms with Crippen LogP contribution in [0.15, 0.2) is 41.3 Å². The Morgan fingerprint density at radius 2 is 1.73 bits per heavy atom. The third-order valence-electron chi connectivity index (χ3n) is 5.13. The molecule has 1 aliphatic rings. The number of aryl methyl sites for hydroxylation is 2. The molecule has 2 aromatic rings. The van der Waals surface area contributed by atoms with Crippen LogP contribution in [0.3, 0.4) is 0 Å². The van der Waals surface area contributed by atoms with Crippen LogP contribution in [0.4, 0.5) is 4.39 Å². The Morgan fingerprint density at radius 1 is 1.03 bits per heavy atom. The summed E-state index contributed by atoms with van der Waals surface area (Å²) >= 11 is 0. The van der Waals surface area contributed by atoms with Gasteiger partial charge in [0.05, 0.1) is 5.56 Å². The number of piperidine rings is 1. The molecule has 0 aromatic heterocycles. The molecule has 0 spiro atoms. The number of esters is 1. The van der Waals surface area contributed by atoms with E-state index in [1.165, 1.54) is 4.31 Å². The number of rotatable bonds is 6. The van der Waals surface area contributed by atoms with Gasteiger partial charge in [-0.15, -0.1) is 0 Å². The number of halogens is 1. The van der Waals surface area contributed by atoms with Crippen LogP contribution in [-0.2, 0) is 14.8 Å². The van der Waals surface area contributed by atoms with E-state index in [0.717, 1.165) is 35.7 Å². The lowest BCUT2D eigenvalue weighted by Gasteiger charge is -2.26. The predicted molar refractivity (Wildman–Crippen MR) is 110 cm³/mol. The first-order chi connectivity index (χ1) is 14.2. The number of hydrogen-bond acceptors (Lipinski definition) is 5. The molecule has 1 fully saturated rings. The SMILES string of the molecule is Cc1ccc(C)c(C(=O)COC(=O)c2ccc(F)c(S(=O)(=O)N3CCCCC3)c2)c1. The zero-order valence-electron chi connectivity index (χ0n) is 17.0. The van der Waals surface area contributed by atoms with Crippen LogP contribution in [0, 0.1) is 19.7 Å². The Labute approximate surface area is 175 Å². The van der Waals surface area contributed by atoms with Crippen LogP contribution in [0.25, 0.3) is 0 Å². The molecule has 30 heavy (non-hydrogen) atoms. The third-order valence-corrected chi connectivity index (χ3v) is 7.04. The van der Waals surface area contributed by atoms with Crippen molar-refractivity contribution < 1.29 is 27.1 Å². The fraction of sp³-hybridized carbons (Fsp3) is 0.364. The number of nitrogens with zero attached hydrogens (tertiary/aromatic N) is 1. The standard InChI is InChI=1S/C22H24FNO5S/c1-15-6-7-16(2)18(12-15)20(25)14-29-22(26)17-8-9-19(23)21(13-17)30(27,28)24-10-4-3-5-11-24/h6-9,12-13H,3-5,10-11,14H2,1-2H3. The minimum Gasteiger partial charge on any atom is -0.454 e. The number of carbonyl (C=O) groups excluding carboxylic acids is 2. The highest BCUT2D eigenvalue weighted by Crippen LogP contribution is 2.24. The van der Waals surface area contributed by atoms with Gasteiger partial charge in [-0.05, 0) is 56.5 Å². The lowest BCUT2D eigenvalue weighted by Crippen LogP contribution is -2.36. The van der Waals surface area contributed by atoms with Gasteiger partial charge in [-0.1, -0.05) is 24.1 Å². The topological polar surface area (TPSA) is 80.8 Å². The van der Waals surface area contributed by atoms with E-state index < -0.39 is 33.3 Å². The number of Topliss-reactive ketones (excluding diaryl/α,β-unsaturated/α-hetero) is 1. The second-order valence-corrected chi connectivity index (χ2v) is 9.33. The fourth-order valence-corrected chi connectivity index (χ4v) is 5.01. The fourth-order valence-electron chi connectivity index (χ4n) is 3.40. The van der Waals surface area contributed by atoms with E-state index in [2.05, 4.69) is 0 Å². The number of ketones is 1. The summed E-state index contributed by atoms with van der Waals surface area (Å²) in [6.45, 7) is 3.79. The molecule has 3 rings (SSSR count). The van der Waals surface area contributed by atoms with Gasteiger partial charge in [0, 0.05) is 18.7 Å². The highest BCUT2D eigenvalue weighted by Gasteiger charge is 2.29. The average Bonchev–Trinajstić information content (AvgIpc) is 2.74. The molecule has 0 unspecified atom stereocenters. The Morgan fingerprint density at radius 3 is 2.43 bits per heavy atom. The lowest BCUT2D eigenvalue weighted by atomic mass is 10.0. The van der Waals surface area contributed by atoms with Crippen molar-refractivity contribution in [2.24, 2.45) is 0 Å². The molecule has 160 valence electrons. The van der Waals surface area contributed by atoms with Crippen molar-refractivity contribution in [1.29, 1.82) is 0 Å². The van der Waals surface area contributed by atoms with Crippen molar-refractivity contribution in [2.45, 2.75) is 38.0 Å². The maximum atomic E-state index is 14.3. The third kappa shape index (κ3) is 4.76. The van der Waals surface area contributed by atoms with Crippen LogP contribution in [0.1, 0.15) is 51.1 Å². The highest BCUT2D eigenvalue weighted by molar-refractivity contribution is 7.89. The summed E-state index contributed by atoms with van der Waals surface area (Å²) in [7, 11) is -4.05. The minimum atomic E-state index is -4.05. The first-order valence-electron chi connectivity index (χ1n) is 9.77. The summed E-state index contributed by atoms with van der Waals surface area (Å²) in [4.78, 5) is 24.2. The van der Waals surface area contributed by atoms with Gasteiger partial charge in [0.15, 0.2) is 6.61 Å². The summed E-state index contributed by atoms with van der Waals surface area (Å²) < 4.78 is 46.2. The molecular weight excluding hydrogens is 409 g/mol. The van der Waals surface area contributed by atoms with Crippen molar-refractivity contribution in [3.63, 3.8) is 0 Å². The van der Waals surface area contributed by atoms with Gasteiger partial charge in [0.1, 0.15) is 10.7 Å². The normalized spacial score (nSPS) is 15.0. The molecule has 2 aromatic carbocycles. The van der Waals surface area contributed by atoms with E-state index in [-0.39, 0.29) is 11.3 Å². The first kappa shape index (κ1) is 22.1. The second kappa shape index (κ2) is 9.06. The zero-order valence-corrected chi connectivity index (χ0v) is 17.8. The highest BCUT2D eigenvalue weighted by atomic mass is 32.2. The maximum absolute atomic E-state index is 14.3. The predicted octanol–water partition coefficient (Wildman–Crippen LogP) is 3.66.